The monoisotopic (exact) mass is 253 g/mol. The first-order chi connectivity index (χ1) is 8.54. The van der Waals surface area contributed by atoms with E-state index in [1.807, 2.05) is 6.92 Å². The Labute approximate surface area is 106 Å². The van der Waals surface area contributed by atoms with Crippen LogP contribution in [0, 0.1) is 10.1 Å². The van der Waals surface area contributed by atoms with Crippen molar-refractivity contribution in [1.82, 2.24) is 14.7 Å². The van der Waals surface area contributed by atoms with Crippen molar-refractivity contribution in [3.8, 4) is 0 Å². The van der Waals surface area contributed by atoms with Gasteiger partial charge in [0.25, 0.3) is 0 Å². The van der Waals surface area contributed by atoms with Gasteiger partial charge < -0.3 is 9.80 Å². The summed E-state index contributed by atoms with van der Waals surface area (Å²) in [5.41, 5.74) is 0.737. The molecule has 0 amide bonds. The second-order valence-electron chi connectivity index (χ2n) is 4.64. The van der Waals surface area contributed by atoms with Crippen LogP contribution in [0.2, 0.25) is 0 Å². The Morgan fingerprint density at radius 1 is 1.28 bits per heavy atom. The number of aromatic nitrogens is 2. The summed E-state index contributed by atoms with van der Waals surface area (Å²) < 4.78 is 1.64. The summed E-state index contributed by atoms with van der Waals surface area (Å²) in [6.07, 6.45) is 0.581. The van der Waals surface area contributed by atoms with E-state index in [0.29, 0.717) is 17.9 Å². The minimum atomic E-state index is -0.306. The quantitative estimate of drug-likeness (QED) is 0.584. The van der Waals surface area contributed by atoms with E-state index >= 15 is 0 Å². The Morgan fingerprint density at radius 3 is 2.39 bits per heavy atom. The summed E-state index contributed by atoms with van der Waals surface area (Å²) >= 11 is 0. The molecule has 0 unspecified atom stereocenters. The Bertz CT molecular complexity index is 449. The highest BCUT2D eigenvalue weighted by Crippen LogP contribution is 2.32. The van der Waals surface area contributed by atoms with Crippen molar-refractivity contribution in [2.45, 2.75) is 13.3 Å². The van der Waals surface area contributed by atoms with Crippen LogP contribution in [0.1, 0.15) is 12.6 Å². The molecule has 2 rings (SSSR count). The number of rotatable bonds is 3. The standard InChI is InChI=1S/C11H19N5O2/c1-4-9-10(16(17)18)11(14(3)12-9)15-7-5-13(2)6-8-15/h4-8H2,1-3H3. The molecule has 1 saturated heterocycles. The number of hydrogen-bond donors (Lipinski definition) is 0. The van der Waals surface area contributed by atoms with Gasteiger partial charge >= 0.3 is 5.69 Å². The molecule has 7 nitrogen and oxygen atoms in total. The largest absolute Gasteiger partial charge is 0.349 e. The number of hydrogen-bond acceptors (Lipinski definition) is 5. The first kappa shape index (κ1) is 12.8. The maximum absolute atomic E-state index is 11.2. The second-order valence-corrected chi connectivity index (χ2v) is 4.64. The van der Waals surface area contributed by atoms with Crippen LogP contribution in [0.25, 0.3) is 0 Å². The zero-order valence-electron chi connectivity index (χ0n) is 11.1. The van der Waals surface area contributed by atoms with Crippen molar-refractivity contribution in [3.05, 3.63) is 15.8 Å². The lowest BCUT2D eigenvalue weighted by Gasteiger charge is -2.33. The Kier molecular flexibility index (Phi) is 3.51. The maximum Gasteiger partial charge on any atom is 0.334 e. The lowest BCUT2D eigenvalue weighted by atomic mass is 10.2. The van der Waals surface area contributed by atoms with Crippen LogP contribution >= 0.6 is 0 Å². The molecule has 1 fully saturated rings. The lowest BCUT2D eigenvalue weighted by Crippen LogP contribution is -2.45. The molecule has 0 N–H and O–H groups in total. The highest BCUT2D eigenvalue weighted by atomic mass is 16.6. The van der Waals surface area contributed by atoms with Gasteiger partial charge in [0.15, 0.2) is 0 Å². The fourth-order valence-electron chi connectivity index (χ4n) is 2.36. The van der Waals surface area contributed by atoms with Gasteiger partial charge in [-0.1, -0.05) is 6.92 Å². The summed E-state index contributed by atoms with van der Waals surface area (Å²) in [6.45, 7) is 5.34. The molecule has 0 aliphatic carbocycles. The predicted octanol–water partition coefficient (Wildman–Crippen LogP) is 0.643. The SMILES string of the molecule is CCc1nn(C)c(N2CCN(C)CC2)c1[N+](=O)[O-]. The number of aryl methyl sites for hydroxylation is 2. The van der Waals surface area contributed by atoms with Gasteiger partial charge in [0.05, 0.1) is 4.92 Å². The zero-order chi connectivity index (χ0) is 13.3. The molecule has 2 heterocycles. The highest BCUT2D eigenvalue weighted by molar-refractivity contribution is 5.61. The van der Waals surface area contributed by atoms with Gasteiger partial charge in [-0.25, -0.2) is 4.68 Å². The second kappa shape index (κ2) is 4.93. The van der Waals surface area contributed by atoms with Crippen molar-refractivity contribution < 1.29 is 4.92 Å². The smallest absolute Gasteiger partial charge is 0.334 e. The molecule has 0 bridgehead atoms. The number of nitro groups is 1. The molecule has 1 aliphatic rings. The van der Waals surface area contributed by atoms with Gasteiger partial charge in [-0.05, 0) is 13.5 Å². The third-order valence-corrected chi connectivity index (χ3v) is 3.38. The van der Waals surface area contributed by atoms with Crippen molar-refractivity contribution >= 4 is 11.5 Å². The van der Waals surface area contributed by atoms with Crippen LogP contribution in [0.5, 0.6) is 0 Å². The summed E-state index contributed by atoms with van der Waals surface area (Å²) in [5.74, 6) is 0.643. The Hall–Kier alpha value is -1.63. The maximum atomic E-state index is 11.2. The average Bonchev–Trinajstić information content (AvgIpc) is 2.67. The van der Waals surface area contributed by atoms with E-state index in [2.05, 4.69) is 21.9 Å². The van der Waals surface area contributed by atoms with E-state index in [0.717, 1.165) is 26.2 Å². The molecule has 18 heavy (non-hydrogen) atoms. The molecular formula is C11H19N5O2. The van der Waals surface area contributed by atoms with Crippen LogP contribution < -0.4 is 4.90 Å². The van der Waals surface area contributed by atoms with Gasteiger partial charge in [-0.3, -0.25) is 10.1 Å². The Morgan fingerprint density at radius 2 is 1.89 bits per heavy atom. The molecule has 1 aromatic rings. The molecule has 0 saturated carbocycles. The average molecular weight is 253 g/mol. The van der Waals surface area contributed by atoms with E-state index in [4.69, 9.17) is 0 Å². The van der Waals surface area contributed by atoms with Gasteiger partial charge in [-0.2, -0.15) is 5.10 Å². The molecule has 1 aromatic heterocycles. The van der Waals surface area contributed by atoms with Crippen molar-refractivity contribution in [3.63, 3.8) is 0 Å². The minimum absolute atomic E-state index is 0.171. The van der Waals surface area contributed by atoms with Crippen molar-refractivity contribution in [1.29, 1.82) is 0 Å². The van der Waals surface area contributed by atoms with Crippen LogP contribution in [0.15, 0.2) is 0 Å². The summed E-state index contributed by atoms with van der Waals surface area (Å²) in [6, 6.07) is 0. The zero-order valence-corrected chi connectivity index (χ0v) is 11.1. The van der Waals surface area contributed by atoms with Crippen LogP contribution in [-0.2, 0) is 13.5 Å². The molecule has 100 valence electrons. The van der Waals surface area contributed by atoms with E-state index in [9.17, 15) is 10.1 Å². The molecule has 0 aromatic carbocycles. The number of likely N-dealkylation sites (N-methyl/N-ethyl adjacent to an activating group) is 1. The highest BCUT2D eigenvalue weighted by Gasteiger charge is 2.30. The fraction of sp³-hybridized carbons (Fsp3) is 0.727. The molecule has 0 spiro atoms. The van der Waals surface area contributed by atoms with Crippen LogP contribution in [0.4, 0.5) is 11.5 Å². The first-order valence-corrected chi connectivity index (χ1v) is 6.18. The molecule has 0 radical (unpaired) electrons. The lowest BCUT2D eigenvalue weighted by molar-refractivity contribution is -0.384. The summed E-state index contributed by atoms with van der Waals surface area (Å²) in [5, 5.41) is 15.5. The van der Waals surface area contributed by atoms with Gasteiger partial charge in [0, 0.05) is 33.2 Å². The van der Waals surface area contributed by atoms with Crippen LogP contribution in [0.3, 0.4) is 0 Å². The number of piperazine rings is 1. The third kappa shape index (κ3) is 2.17. The number of anilines is 1. The molecular weight excluding hydrogens is 234 g/mol. The van der Waals surface area contributed by atoms with Gasteiger partial charge in [-0.15, -0.1) is 0 Å². The van der Waals surface area contributed by atoms with Gasteiger partial charge in [0.2, 0.25) is 5.82 Å². The van der Waals surface area contributed by atoms with Gasteiger partial charge in [0.1, 0.15) is 5.69 Å². The third-order valence-electron chi connectivity index (χ3n) is 3.38. The topological polar surface area (TPSA) is 67.4 Å². The minimum Gasteiger partial charge on any atom is -0.349 e. The first-order valence-electron chi connectivity index (χ1n) is 6.18. The van der Waals surface area contributed by atoms with Crippen molar-refractivity contribution in [2.75, 3.05) is 38.1 Å². The van der Waals surface area contributed by atoms with E-state index < -0.39 is 0 Å². The molecule has 0 atom stereocenters. The summed E-state index contributed by atoms with van der Waals surface area (Å²) in [7, 11) is 3.84. The molecule has 1 aliphatic heterocycles. The van der Waals surface area contributed by atoms with E-state index in [-0.39, 0.29) is 10.6 Å². The number of nitrogens with zero attached hydrogens (tertiary/aromatic N) is 5. The van der Waals surface area contributed by atoms with Crippen molar-refractivity contribution in [2.24, 2.45) is 7.05 Å². The van der Waals surface area contributed by atoms with E-state index in [1.165, 1.54) is 0 Å². The fourth-order valence-corrected chi connectivity index (χ4v) is 2.36. The van der Waals surface area contributed by atoms with E-state index in [1.54, 1.807) is 11.7 Å². The predicted molar refractivity (Wildman–Crippen MR) is 69.0 cm³/mol. The summed E-state index contributed by atoms with van der Waals surface area (Å²) in [4.78, 5) is 15.2. The van der Waals surface area contributed by atoms with Crippen LogP contribution in [-0.4, -0.2) is 52.8 Å². The Balaban J connectivity index is 2.37. The normalized spacial score (nSPS) is 17.2. The molecule has 7 heteroatoms.